The third-order valence-electron chi connectivity index (χ3n) is 3.32. The fourth-order valence-electron chi connectivity index (χ4n) is 2.48. The van der Waals surface area contributed by atoms with Crippen molar-refractivity contribution in [1.29, 1.82) is 0 Å². The van der Waals surface area contributed by atoms with Gasteiger partial charge in [0.1, 0.15) is 0 Å². The molecular formula is C12H19N3O2S. The van der Waals surface area contributed by atoms with E-state index in [4.69, 9.17) is 10.9 Å². The number of rotatable bonds is 5. The summed E-state index contributed by atoms with van der Waals surface area (Å²) < 4.78 is 22.1. The third-order valence-corrected chi connectivity index (χ3v) is 4.07. The van der Waals surface area contributed by atoms with Crippen LogP contribution < -0.4 is 15.8 Å². The molecule has 0 fully saturated rings. The van der Waals surface area contributed by atoms with Crippen LogP contribution in [0.25, 0.3) is 0 Å². The molecule has 0 saturated carbocycles. The molecule has 1 atom stereocenters. The lowest BCUT2D eigenvalue weighted by Crippen LogP contribution is -2.31. The molecule has 0 aromatic heterocycles. The van der Waals surface area contributed by atoms with Crippen LogP contribution in [0.3, 0.4) is 0 Å². The normalized spacial score (nSPS) is 19.0. The fraction of sp³-hybridized carbons (Fsp3) is 0.500. The van der Waals surface area contributed by atoms with Crippen molar-refractivity contribution in [1.82, 2.24) is 0 Å². The standard InChI is InChI=1S/C12H19N3O2S/c13-6-5-10-9-15(7-8-18(14,16)17)12-4-2-1-3-11(10)12/h1-4,10H,5-9,13H2,(H2,14,16,17). The van der Waals surface area contributed by atoms with Crippen molar-refractivity contribution in [3.05, 3.63) is 29.8 Å². The number of para-hydroxylation sites is 1. The van der Waals surface area contributed by atoms with Crippen LogP contribution in [0, 0.1) is 0 Å². The molecule has 100 valence electrons. The van der Waals surface area contributed by atoms with Gasteiger partial charge in [-0.3, -0.25) is 0 Å². The van der Waals surface area contributed by atoms with Gasteiger partial charge < -0.3 is 10.6 Å². The molecule has 6 heteroatoms. The molecule has 1 aliphatic heterocycles. The van der Waals surface area contributed by atoms with Gasteiger partial charge >= 0.3 is 0 Å². The van der Waals surface area contributed by atoms with Gasteiger partial charge in [0.15, 0.2) is 0 Å². The van der Waals surface area contributed by atoms with Gasteiger partial charge in [-0.1, -0.05) is 18.2 Å². The number of benzene rings is 1. The highest BCUT2D eigenvalue weighted by Gasteiger charge is 2.27. The maximum atomic E-state index is 11.0. The lowest BCUT2D eigenvalue weighted by molar-refractivity contribution is 0.594. The molecule has 4 N–H and O–H groups in total. The number of primary sulfonamides is 1. The molecule has 18 heavy (non-hydrogen) atoms. The molecule has 5 nitrogen and oxygen atoms in total. The van der Waals surface area contributed by atoms with Crippen molar-refractivity contribution >= 4 is 15.7 Å². The molecule has 0 amide bonds. The van der Waals surface area contributed by atoms with Gasteiger partial charge in [0, 0.05) is 24.7 Å². The fourth-order valence-corrected chi connectivity index (χ4v) is 2.96. The van der Waals surface area contributed by atoms with E-state index >= 15 is 0 Å². The van der Waals surface area contributed by atoms with Gasteiger partial charge in [0.05, 0.1) is 5.75 Å². The Morgan fingerprint density at radius 2 is 2.06 bits per heavy atom. The van der Waals surface area contributed by atoms with E-state index in [-0.39, 0.29) is 5.75 Å². The Morgan fingerprint density at radius 1 is 1.33 bits per heavy atom. The second kappa shape index (κ2) is 5.26. The Hall–Kier alpha value is -1.11. The summed E-state index contributed by atoms with van der Waals surface area (Å²) in [5, 5.41) is 5.05. The summed E-state index contributed by atoms with van der Waals surface area (Å²) in [5.41, 5.74) is 7.99. The summed E-state index contributed by atoms with van der Waals surface area (Å²) in [6.07, 6.45) is 0.920. The van der Waals surface area contributed by atoms with Gasteiger partial charge in [-0.05, 0) is 24.6 Å². The first-order chi connectivity index (χ1) is 8.51. The molecule has 1 heterocycles. The zero-order chi connectivity index (χ0) is 13.2. The molecule has 1 aromatic rings. The minimum Gasteiger partial charge on any atom is -0.370 e. The lowest BCUT2D eigenvalue weighted by atomic mass is 9.98. The van der Waals surface area contributed by atoms with Crippen LogP contribution >= 0.6 is 0 Å². The summed E-state index contributed by atoms with van der Waals surface area (Å²) in [7, 11) is -3.41. The zero-order valence-electron chi connectivity index (χ0n) is 10.2. The zero-order valence-corrected chi connectivity index (χ0v) is 11.1. The molecule has 0 radical (unpaired) electrons. The van der Waals surface area contributed by atoms with E-state index in [2.05, 4.69) is 11.0 Å². The second-order valence-electron chi connectivity index (χ2n) is 4.65. The molecule has 0 bridgehead atoms. The highest BCUT2D eigenvalue weighted by atomic mass is 32.2. The minimum atomic E-state index is -3.41. The number of sulfonamides is 1. The van der Waals surface area contributed by atoms with Crippen molar-refractivity contribution in [2.45, 2.75) is 12.3 Å². The maximum Gasteiger partial charge on any atom is 0.210 e. The summed E-state index contributed by atoms with van der Waals surface area (Å²) in [6, 6.07) is 8.08. The van der Waals surface area contributed by atoms with E-state index in [0.29, 0.717) is 19.0 Å². The molecule has 0 spiro atoms. The SMILES string of the molecule is NCCC1CN(CCS(N)(=O)=O)c2ccccc21. The number of hydrogen-bond acceptors (Lipinski definition) is 4. The largest absolute Gasteiger partial charge is 0.370 e. The van der Waals surface area contributed by atoms with Crippen LogP contribution in [0.5, 0.6) is 0 Å². The van der Waals surface area contributed by atoms with Crippen molar-refractivity contribution in [2.75, 3.05) is 30.3 Å². The van der Waals surface area contributed by atoms with Crippen molar-refractivity contribution in [3.8, 4) is 0 Å². The summed E-state index contributed by atoms with van der Waals surface area (Å²) in [4.78, 5) is 2.08. The Kier molecular flexibility index (Phi) is 3.89. The first-order valence-electron chi connectivity index (χ1n) is 6.05. The van der Waals surface area contributed by atoms with Crippen LogP contribution in [0.15, 0.2) is 24.3 Å². The third kappa shape index (κ3) is 3.01. The van der Waals surface area contributed by atoms with Crippen molar-refractivity contribution in [3.63, 3.8) is 0 Å². The van der Waals surface area contributed by atoms with Gasteiger partial charge in [0.25, 0.3) is 0 Å². The summed E-state index contributed by atoms with van der Waals surface area (Å²) in [5.74, 6) is 0.378. The molecular weight excluding hydrogens is 250 g/mol. The number of anilines is 1. The predicted molar refractivity (Wildman–Crippen MR) is 73.0 cm³/mol. The molecule has 2 rings (SSSR count). The summed E-state index contributed by atoms with van der Waals surface area (Å²) in [6.45, 7) is 1.91. The monoisotopic (exact) mass is 269 g/mol. The minimum absolute atomic E-state index is 0.0172. The quantitative estimate of drug-likeness (QED) is 0.800. The maximum absolute atomic E-state index is 11.0. The van der Waals surface area contributed by atoms with Crippen LogP contribution in [0.1, 0.15) is 17.9 Å². The van der Waals surface area contributed by atoms with Gasteiger partial charge in [-0.15, -0.1) is 0 Å². The van der Waals surface area contributed by atoms with E-state index < -0.39 is 10.0 Å². The highest BCUT2D eigenvalue weighted by molar-refractivity contribution is 7.89. The Bertz CT molecular complexity index is 516. The summed E-state index contributed by atoms with van der Waals surface area (Å²) >= 11 is 0. The first kappa shape index (κ1) is 13.3. The molecule has 1 aliphatic rings. The number of nitrogens with two attached hydrogens (primary N) is 2. The lowest BCUT2D eigenvalue weighted by Gasteiger charge is -2.19. The molecule has 0 saturated heterocycles. The van der Waals surface area contributed by atoms with Crippen LogP contribution in [0.2, 0.25) is 0 Å². The van der Waals surface area contributed by atoms with E-state index in [9.17, 15) is 8.42 Å². The molecule has 1 aromatic carbocycles. The van der Waals surface area contributed by atoms with Gasteiger partial charge in [-0.2, -0.15) is 0 Å². The topological polar surface area (TPSA) is 89.4 Å². The second-order valence-corrected chi connectivity index (χ2v) is 6.38. The highest BCUT2D eigenvalue weighted by Crippen LogP contribution is 2.37. The number of hydrogen-bond donors (Lipinski definition) is 2. The van der Waals surface area contributed by atoms with Crippen LogP contribution in [-0.4, -0.2) is 33.8 Å². The van der Waals surface area contributed by atoms with Crippen molar-refractivity contribution < 1.29 is 8.42 Å². The number of nitrogens with zero attached hydrogens (tertiary/aromatic N) is 1. The average molecular weight is 269 g/mol. The number of fused-ring (bicyclic) bond motifs is 1. The molecule has 0 aliphatic carbocycles. The Balaban J connectivity index is 2.15. The average Bonchev–Trinajstić information content (AvgIpc) is 2.65. The predicted octanol–water partition coefficient (Wildman–Crippen LogP) is 0.228. The van der Waals surface area contributed by atoms with E-state index in [1.165, 1.54) is 5.56 Å². The van der Waals surface area contributed by atoms with Crippen molar-refractivity contribution in [2.24, 2.45) is 10.9 Å². The van der Waals surface area contributed by atoms with E-state index in [1.54, 1.807) is 0 Å². The Labute approximate surface area is 108 Å². The van der Waals surface area contributed by atoms with E-state index in [1.807, 2.05) is 18.2 Å². The first-order valence-corrected chi connectivity index (χ1v) is 7.77. The van der Waals surface area contributed by atoms with E-state index in [0.717, 1.165) is 18.7 Å². The Morgan fingerprint density at radius 3 is 2.72 bits per heavy atom. The van der Waals surface area contributed by atoms with Crippen LogP contribution in [-0.2, 0) is 10.0 Å². The van der Waals surface area contributed by atoms with Gasteiger partial charge in [0.2, 0.25) is 10.0 Å². The van der Waals surface area contributed by atoms with Crippen LogP contribution in [0.4, 0.5) is 5.69 Å². The van der Waals surface area contributed by atoms with Gasteiger partial charge in [-0.25, -0.2) is 13.6 Å². The smallest absolute Gasteiger partial charge is 0.210 e. The molecule has 1 unspecified atom stereocenters.